The molecule has 1 aliphatic rings. The molecule has 1 fully saturated rings. The third kappa shape index (κ3) is 4.19. The van der Waals surface area contributed by atoms with Gasteiger partial charge in [-0.25, -0.2) is 4.79 Å². The fourth-order valence-electron chi connectivity index (χ4n) is 3.09. The molecule has 122 valence electrons. The number of likely N-dealkylation sites (tertiary alicyclic amines) is 1. The molecule has 5 heteroatoms. The summed E-state index contributed by atoms with van der Waals surface area (Å²) in [7, 11) is 1.66. The van der Waals surface area contributed by atoms with E-state index in [1.165, 1.54) is 6.42 Å². The molecule has 22 heavy (non-hydrogen) atoms. The van der Waals surface area contributed by atoms with Gasteiger partial charge in [0.25, 0.3) is 0 Å². The molecule has 0 aliphatic carbocycles. The van der Waals surface area contributed by atoms with Gasteiger partial charge in [0, 0.05) is 31.9 Å². The second-order valence-corrected chi connectivity index (χ2v) is 6.05. The minimum atomic E-state index is 0.0994. The topological polar surface area (TPSA) is 45.7 Å². The number of rotatable bonds is 5. The summed E-state index contributed by atoms with van der Waals surface area (Å²) in [5.41, 5.74) is 0.907. The lowest BCUT2D eigenvalue weighted by Gasteiger charge is -2.41. The van der Waals surface area contributed by atoms with Crippen LogP contribution in [0.25, 0.3) is 0 Å². The highest BCUT2D eigenvalue weighted by atomic mass is 16.5. The third-order valence-electron chi connectivity index (χ3n) is 4.33. The van der Waals surface area contributed by atoms with Gasteiger partial charge in [-0.2, -0.15) is 0 Å². The van der Waals surface area contributed by atoms with Crippen LogP contribution in [-0.4, -0.2) is 53.2 Å². The van der Waals surface area contributed by atoms with Crippen molar-refractivity contribution in [3.63, 3.8) is 0 Å². The summed E-state index contributed by atoms with van der Waals surface area (Å²) in [6.45, 7) is 5.93. The number of piperidine rings is 1. The van der Waals surface area contributed by atoms with E-state index in [4.69, 9.17) is 4.74 Å². The molecule has 0 bridgehead atoms. The van der Waals surface area contributed by atoms with E-state index in [0.717, 1.165) is 18.5 Å². The molecule has 1 saturated heterocycles. The molecular weight excluding hydrogens is 278 g/mol. The monoisotopic (exact) mass is 305 g/mol. The minimum absolute atomic E-state index is 0.0994. The van der Waals surface area contributed by atoms with Crippen molar-refractivity contribution in [2.24, 2.45) is 0 Å². The molecule has 1 aromatic rings. The number of nitrogens with zero attached hydrogens (tertiary/aromatic N) is 3. The first-order valence-corrected chi connectivity index (χ1v) is 8.09. The van der Waals surface area contributed by atoms with E-state index in [1.807, 2.05) is 28.0 Å². The second kappa shape index (κ2) is 8.13. The van der Waals surface area contributed by atoms with Crippen LogP contribution >= 0.6 is 0 Å². The van der Waals surface area contributed by atoms with Crippen molar-refractivity contribution in [3.8, 4) is 0 Å². The first-order chi connectivity index (χ1) is 10.6. The van der Waals surface area contributed by atoms with E-state index in [-0.39, 0.29) is 6.03 Å². The van der Waals surface area contributed by atoms with Crippen molar-refractivity contribution in [3.05, 3.63) is 30.1 Å². The van der Waals surface area contributed by atoms with Gasteiger partial charge < -0.3 is 14.5 Å². The van der Waals surface area contributed by atoms with Gasteiger partial charge in [-0.15, -0.1) is 0 Å². The number of ether oxygens (including phenoxy) is 1. The lowest BCUT2D eigenvalue weighted by Crippen LogP contribution is -2.53. The number of hydrogen-bond acceptors (Lipinski definition) is 3. The predicted molar refractivity (Wildman–Crippen MR) is 86.5 cm³/mol. The summed E-state index contributed by atoms with van der Waals surface area (Å²) in [5, 5.41) is 0. The summed E-state index contributed by atoms with van der Waals surface area (Å²) in [5.74, 6) is 0. The molecule has 0 radical (unpaired) electrons. The van der Waals surface area contributed by atoms with Gasteiger partial charge in [0.1, 0.15) is 0 Å². The number of hydrogen-bond donors (Lipinski definition) is 0. The Morgan fingerprint density at radius 3 is 2.68 bits per heavy atom. The molecule has 0 N–H and O–H groups in total. The third-order valence-corrected chi connectivity index (χ3v) is 4.33. The van der Waals surface area contributed by atoms with Crippen LogP contribution in [0.5, 0.6) is 0 Å². The van der Waals surface area contributed by atoms with E-state index < -0.39 is 0 Å². The lowest BCUT2D eigenvalue weighted by atomic mass is 9.98. The summed E-state index contributed by atoms with van der Waals surface area (Å²) < 4.78 is 5.17. The minimum Gasteiger partial charge on any atom is -0.383 e. The Morgan fingerprint density at radius 2 is 2.09 bits per heavy atom. The van der Waals surface area contributed by atoms with Gasteiger partial charge in [-0.1, -0.05) is 6.07 Å². The first-order valence-electron chi connectivity index (χ1n) is 8.09. The van der Waals surface area contributed by atoms with Crippen molar-refractivity contribution >= 4 is 6.03 Å². The highest BCUT2D eigenvalue weighted by molar-refractivity contribution is 5.75. The van der Waals surface area contributed by atoms with Gasteiger partial charge in [0.15, 0.2) is 0 Å². The molecule has 0 aromatic carbocycles. The van der Waals surface area contributed by atoms with Crippen LogP contribution in [0.15, 0.2) is 24.4 Å². The smallest absolute Gasteiger partial charge is 0.320 e. The van der Waals surface area contributed by atoms with Gasteiger partial charge >= 0.3 is 6.03 Å². The molecule has 2 amide bonds. The van der Waals surface area contributed by atoms with E-state index >= 15 is 0 Å². The van der Waals surface area contributed by atoms with Crippen LogP contribution < -0.4 is 0 Å². The number of pyridine rings is 1. The largest absolute Gasteiger partial charge is 0.383 e. The number of methoxy groups -OCH3 is 1. The number of aromatic nitrogens is 1. The molecule has 5 nitrogen and oxygen atoms in total. The second-order valence-electron chi connectivity index (χ2n) is 6.05. The summed E-state index contributed by atoms with van der Waals surface area (Å²) in [6, 6.07) is 6.49. The molecule has 2 atom stereocenters. The Kier molecular flexibility index (Phi) is 6.19. The average molecular weight is 305 g/mol. The van der Waals surface area contributed by atoms with E-state index in [2.05, 4.69) is 18.8 Å². The zero-order valence-corrected chi connectivity index (χ0v) is 13.9. The molecule has 0 unspecified atom stereocenters. The van der Waals surface area contributed by atoms with Crippen LogP contribution in [0.4, 0.5) is 4.79 Å². The molecule has 1 aromatic heterocycles. The molecule has 0 spiro atoms. The standard InChI is InChI=1S/C17H27N3O2/c1-14-7-6-8-15(2)20(14)17(21)19(11-12-22-3)13-16-9-4-5-10-18-16/h4-5,9-10,14-15H,6-8,11-13H2,1-3H3/t14-,15-/m1/s1. The highest BCUT2D eigenvalue weighted by Gasteiger charge is 2.32. The normalized spacial score (nSPS) is 21.7. The predicted octanol–water partition coefficient (Wildman–Crippen LogP) is 2.91. The number of carbonyl (C=O) groups excluding carboxylic acids is 1. The maximum Gasteiger partial charge on any atom is 0.320 e. The Morgan fingerprint density at radius 1 is 1.36 bits per heavy atom. The van der Waals surface area contributed by atoms with Crippen molar-refractivity contribution in [2.75, 3.05) is 20.3 Å². The lowest BCUT2D eigenvalue weighted by molar-refractivity contribution is 0.0791. The average Bonchev–Trinajstić information content (AvgIpc) is 2.52. The maximum atomic E-state index is 13.0. The van der Waals surface area contributed by atoms with E-state index in [0.29, 0.717) is 31.8 Å². The van der Waals surface area contributed by atoms with Gasteiger partial charge in [0.2, 0.25) is 0 Å². The highest BCUT2D eigenvalue weighted by Crippen LogP contribution is 2.24. The molecule has 1 aliphatic heterocycles. The van der Waals surface area contributed by atoms with Crippen molar-refractivity contribution in [2.45, 2.75) is 51.7 Å². The van der Waals surface area contributed by atoms with Crippen LogP contribution in [0.1, 0.15) is 38.8 Å². The first kappa shape index (κ1) is 16.7. The van der Waals surface area contributed by atoms with Crippen LogP contribution in [0, 0.1) is 0 Å². The zero-order chi connectivity index (χ0) is 15.9. The van der Waals surface area contributed by atoms with Crippen LogP contribution in [0.3, 0.4) is 0 Å². The fourth-order valence-corrected chi connectivity index (χ4v) is 3.09. The van der Waals surface area contributed by atoms with Crippen molar-refractivity contribution < 1.29 is 9.53 Å². The molecule has 2 heterocycles. The molecular formula is C17H27N3O2. The summed E-state index contributed by atoms with van der Waals surface area (Å²) >= 11 is 0. The molecule has 0 saturated carbocycles. The summed E-state index contributed by atoms with van der Waals surface area (Å²) in [4.78, 5) is 21.2. The van der Waals surface area contributed by atoms with Gasteiger partial charge in [-0.05, 0) is 45.2 Å². The van der Waals surface area contributed by atoms with Crippen LogP contribution in [0.2, 0.25) is 0 Å². The summed E-state index contributed by atoms with van der Waals surface area (Å²) in [6.07, 6.45) is 5.13. The molecule has 2 rings (SSSR count). The van der Waals surface area contributed by atoms with Gasteiger partial charge in [-0.3, -0.25) is 4.98 Å². The van der Waals surface area contributed by atoms with Crippen molar-refractivity contribution in [1.29, 1.82) is 0 Å². The van der Waals surface area contributed by atoms with E-state index in [1.54, 1.807) is 13.3 Å². The zero-order valence-electron chi connectivity index (χ0n) is 13.9. The van der Waals surface area contributed by atoms with Crippen molar-refractivity contribution in [1.82, 2.24) is 14.8 Å². The van der Waals surface area contributed by atoms with Crippen LogP contribution in [-0.2, 0) is 11.3 Å². The number of carbonyl (C=O) groups is 1. The SMILES string of the molecule is COCCN(Cc1ccccn1)C(=O)N1[C@H](C)CCC[C@H]1C. The Labute approximate surface area is 133 Å². The Bertz CT molecular complexity index is 456. The van der Waals surface area contributed by atoms with Gasteiger partial charge in [0.05, 0.1) is 18.8 Å². The Balaban J connectivity index is 2.11. The Hall–Kier alpha value is -1.62. The number of amides is 2. The maximum absolute atomic E-state index is 13.0. The van der Waals surface area contributed by atoms with E-state index in [9.17, 15) is 4.79 Å². The fraction of sp³-hybridized carbons (Fsp3) is 0.647. The quantitative estimate of drug-likeness (QED) is 0.840. The number of urea groups is 1.